The highest BCUT2D eigenvalue weighted by Gasteiger charge is 2.26. The molecule has 1 aliphatic rings. The summed E-state index contributed by atoms with van der Waals surface area (Å²) < 4.78 is 0. The van der Waals surface area contributed by atoms with Gasteiger partial charge in [-0.25, -0.2) is 0 Å². The summed E-state index contributed by atoms with van der Waals surface area (Å²) in [4.78, 5) is 7.10. The molecule has 1 atom stereocenters. The standard InChI is InChI=1S/C14H22N2/c1-12(2)8-11-16-10-5-7-14(16)13-6-3-4-9-15-13/h3-4,6,9,12,14H,5,7-8,10-11H2,1-2H3. The Morgan fingerprint density at radius 2 is 2.31 bits per heavy atom. The molecule has 2 heteroatoms. The van der Waals surface area contributed by atoms with Crippen LogP contribution < -0.4 is 0 Å². The van der Waals surface area contributed by atoms with Crippen molar-refractivity contribution in [1.82, 2.24) is 9.88 Å². The van der Waals surface area contributed by atoms with E-state index in [9.17, 15) is 0 Å². The zero-order valence-electron chi connectivity index (χ0n) is 10.4. The molecule has 0 spiro atoms. The molecule has 1 unspecified atom stereocenters. The molecule has 2 nitrogen and oxygen atoms in total. The fourth-order valence-electron chi connectivity index (χ4n) is 2.43. The van der Waals surface area contributed by atoms with Crippen LogP contribution in [0.5, 0.6) is 0 Å². The molecule has 88 valence electrons. The summed E-state index contributed by atoms with van der Waals surface area (Å²) in [6, 6.07) is 6.83. The van der Waals surface area contributed by atoms with Crippen molar-refractivity contribution >= 4 is 0 Å². The van der Waals surface area contributed by atoms with Crippen LogP contribution in [0, 0.1) is 5.92 Å². The van der Waals surface area contributed by atoms with E-state index in [-0.39, 0.29) is 0 Å². The fourth-order valence-corrected chi connectivity index (χ4v) is 2.43. The maximum Gasteiger partial charge on any atom is 0.0575 e. The summed E-state index contributed by atoms with van der Waals surface area (Å²) in [5.41, 5.74) is 1.25. The van der Waals surface area contributed by atoms with Crippen LogP contribution in [0.4, 0.5) is 0 Å². The maximum atomic E-state index is 4.50. The third kappa shape index (κ3) is 2.82. The minimum absolute atomic E-state index is 0.569. The van der Waals surface area contributed by atoms with Gasteiger partial charge < -0.3 is 0 Å². The number of hydrogen-bond donors (Lipinski definition) is 0. The Kier molecular flexibility index (Phi) is 3.94. The summed E-state index contributed by atoms with van der Waals surface area (Å²) >= 11 is 0. The number of likely N-dealkylation sites (tertiary alicyclic amines) is 1. The van der Waals surface area contributed by atoms with Crippen LogP contribution in [0.25, 0.3) is 0 Å². The highest BCUT2D eigenvalue weighted by atomic mass is 15.2. The Labute approximate surface area is 98.7 Å². The molecule has 0 saturated carbocycles. The van der Waals surface area contributed by atoms with Crippen LogP contribution in [0.3, 0.4) is 0 Å². The Bertz CT molecular complexity index is 308. The highest BCUT2D eigenvalue weighted by molar-refractivity contribution is 5.10. The average molecular weight is 218 g/mol. The molecule has 1 fully saturated rings. The smallest absolute Gasteiger partial charge is 0.0575 e. The van der Waals surface area contributed by atoms with Crippen LogP contribution in [0.1, 0.15) is 44.8 Å². The molecule has 0 radical (unpaired) electrons. The Balaban J connectivity index is 1.98. The first kappa shape index (κ1) is 11.6. The van der Waals surface area contributed by atoms with Crippen molar-refractivity contribution in [2.45, 2.75) is 39.2 Å². The second-order valence-electron chi connectivity index (χ2n) is 5.13. The third-order valence-electron chi connectivity index (χ3n) is 3.39. The first-order valence-corrected chi connectivity index (χ1v) is 6.42. The van der Waals surface area contributed by atoms with Crippen molar-refractivity contribution in [3.8, 4) is 0 Å². The van der Waals surface area contributed by atoms with E-state index in [1.807, 2.05) is 12.3 Å². The second-order valence-corrected chi connectivity index (χ2v) is 5.13. The van der Waals surface area contributed by atoms with Gasteiger partial charge in [0.25, 0.3) is 0 Å². The fraction of sp³-hybridized carbons (Fsp3) is 0.643. The van der Waals surface area contributed by atoms with Crippen molar-refractivity contribution in [3.05, 3.63) is 30.1 Å². The van der Waals surface area contributed by atoms with Crippen molar-refractivity contribution < 1.29 is 0 Å². The van der Waals surface area contributed by atoms with Crippen LogP contribution in [0.15, 0.2) is 24.4 Å². The molecule has 0 amide bonds. The van der Waals surface area contributed by atoms with E-state index in [2.05, 4.69) is 35.9 Å². The van der Waals surface area contributed by atoms with E-state index >= 15 is 0 Å². The van der Waals surface area contributed by atoms with Gasteiger partial charge in [-0.3, -0.25) is 9.88 Å². The molecule has 1 aromatic rings. The minimum Gasteiger partial charge on any atom is -0.295 e. The predicted octanol–water partition coefficient (Wildman–Crippen LogP) is 3.26. The number of rotatable bonds is 4. The zero-order valence-corrected chi connectivity index (χ0v) is 10.4. The lowest BCUT2D eigenvalue weighted by Gasteiger charge is -2.24. The molecular formula is C14H22N2. The molecular weight excluding hydrogens is 196 g/mol. The van der Waals surface area contributed by atoms with Gasteiger partial charge in [-0.1, -0.05) is 19.9 Å². The van der Waals surface area contributed by atoms with E-state index in [1.165, 1.54) is 38.0 Å². The summed E-state index contributed by atoms with van der Waals surface area (Å²) in [5, 5.41) is 0. The molecule has 1 aromatic heterocycles. The van der Waals surface area contributed by atoms with Crippen LogP contribution in [-0.2, 0) is 0 Å². The number of aromatic nitrogens is 1. The van der Waals surface area contributed by atoms with Crippen molar-refractivity contribution in [2.24, 2.45) is 5.92 Å². The van der Waals surface area contributed by atoms with Gasteiger partial charge in [0.05, 0.1) is 11.7 Å². The Morgan fingerprint density at radius 1 is 1.44 bits per heavy atom. The lowest BCUT2D eigenvalue weighted by Crippen LogP contribution is -2.25. The summed E-state index contributed by atoms with van der Waals surface area (Å²) in [6.07, 6.45) is 5.80. The summed E-state index contributed by atoms with van der Waals surface area (Å²) in [5.74, 6) is 0.796. The summed E-state index contributed by atoms with van der Waals surface area (Å²) in [7, 11) is 0. The molecule has 16 heavy (non-hydrogen) atoms. The van der Waals surface area contributed by atoms with Gasteiger partial charge in [0.1, 0.15) is 0 Å². The normalized spacial score (nSPS) is 21.8. The molecule has 2 rings (SSSR count). The van der Waals surface area contributed by atoms with Gasteiger partial charge in [0, 0.05) is 6.20 Å². The van der Waals surface area contributed by atoms with Gasteiger partial charge in [-0.15, -0.1) is 0 Å². The average Bonchev–Trinajstić information content (AvgIpc) is 2.75. The third-order valence-corrected chi connectivity index (χ3v) is 3.39. The van der Waals surface area contributed by atoms with E-state index in [0.717, 1.165) is 5.92 Å². The monoisotopic (exact) mass is 218 g/mol. The van der Waals surface area contributed by atoms with E-state index in [0.29, 0.717) is 6.04 Å². The van der Waals surface area contributed by atoms with E-state index in [1.54, 1.807) is 0 Å². The molecule has 0 bridgehead atoms. The van der Waals surface area contributed by atoms with Crippen molar-refractivity contribution in [1.29, 1.82) is 0 Å². The second kappa shape index (κ2) is 5.44. The van der Waals surface area contributed by atoms with Crippen molar-refractivity contribution in [3.63, 3.8) is 0 Å². The molecule has 2 heterocycles. The minimum atomic E-state index is 0.569. The van der Waals surface area contributed by atoms with Gasteiger partial charge in [-0.05, 0) is 50.4 Å². The van der Waals surface area contributed by atoms with E-state index < -0.39 is 0 Å². The lowest BCUT2D eigenvalue weighted by molar-refractivity contribution is 0.238. The number of hydrogen-bond acceptors (Lipinski definition) is 2. The molecule has 0 aliphatic carbocycles. The quantitative estimate of drug-likeness (QED) is 0.771. The zero-order chi connectivity index (χ0) is 11.4. The maximum absolute atomic E-state index is 4.50. The number of pyridine rings is 1. The van der Waals surface area contributed by atoms with Gasteiger partial charge >= 0.3 is 0 Å². The largest absolute Gasteiger partial charge is 0.295 e. The first-order valence-electron chi connectivity index (χ1n) is 6.42. The van der Waals surface area contributed by atoms with Crippen LogP contribution in [-0.4, -0.2) is 23.0 Å². The van der Waals surface area contributed by atoms with Gasteiger partial charge in [-0.2, -0.15) is 0 Å². The van der Waals surface area contributed by atoms with E-state index in [4.69, 9.17) is 0 Å². The topological polar surface area (TPSA) is 16.1 Å². The Morgan fingerprint density at radius 3 is 3.00 bits per heavy atom. The highest BCUT2D eigenvalue weighted by Crippen LogP contribution is 2.30. The predicted molar refractivity (Wildman–Crippen MR) is 67.2 cm³/mol. The molecule has 0 N–H and O–H groups in total. The molecule has 1 aliphatic heterocycles. The van der Waals surface area contributed by atoms with Gasteiger partial charge in [0.2, 0.25) is 0 Å². The van der Waals surface area contributed by atoms with Crippen LogP contribution >= 0.6 is 0 Å². The molecule has 1 saturated heterocycles. The molecule has 0 aromatic carbocycles. The van der Waals surface area contributed by atoms with Crippen LogP contribution in [0.2, 0.25) is 0 Å². The van der Waals surface area contributed by atoms with Crippen molar-refractivity contribution in [2.75, 3.05) is 13.1 Å². The summed E-state index contributed by atoms with van der Waals surface area (Å²) in [6.45, 7) is 7.06. The Hall–Kier alpha value is -0.890. The first-order chi connectivity index (χ1) is 7.77. The number of nitrogens with zero attached hydrogens (tertiary/aromatic N) is 2. The SMILES string of the molecule is CC(C)CCN1CCCC1c1ccccn1. The van der Waals surface area contributed by atoms with Gasteiger partial charge in [0.15, 0.2) is 0 Å². The lowest BCUT2D eigenvalue weighted by atomic mass is 10.1.